The molecule has 0 N–H and O–H groups in total. The number of carbonyl (C=O) groups excluding carboxylic acids is 2. The van der Waals surface area contributed by atoms with Gasteiger partial charge in [-0.1, -0.05) is 75.2 Å². The predicted molar refractivity (Wildman–Crippen MR) is 129 cm³/mol. The van der Waals surface area contributed by atoms with Crippen LogP contribution in [-0.2, 0) is 0 Å². The van der Waals surface area contributed by atoms with Crippen LogP contribution in [0.2, 0.25) is 0 Å². The van der Waals surface area contributed by atoms with Crippen molar-refractivity contribution in [1.29, 1.82) is 0 Å². The molecule has 0 heterocycles. The number of hydrogen-bond acceptors (Lipinski definition) is 4. The largest absolute Gasteiger partial charge is 0.493 e. The molecule has 3 aromatic carbocycles. The molecular weight excluding hydrogens is 400 g/mol. The normalized spacial score (nSPS) is 10.6. The summed E-state index contributed by atoms with van der Waals surface area (Å²) in [6, 6.07) is 19.0. The molecule has 0 aliphatic rings. The van der Waals surface area contributed by atoms with Crippen LogP contribution in [0.25, 0.3) is 22.3 Å². The second-order valence-corrected chi connectivity index (χ2v) is 7.73. The van der Waals surface area contributed by atoms with Gasteiger partial charge in [-0.25, -0.2) is 0 Å². The van der Waals surface area contributed by atoms with E-state index in [2.05, 4.69) is 13.8 Å². The molecule has 3 aromatic rings. The van der Waals surface area contributed by atoms with Gasteiger partial charge in [0.2, 0.25) is 0 Å². The molecule has 4 nitrogen and oxygen atoms in total. The Morgan fingerprint density at radius 3 is 1.31 bits per heavy atom. The Hall–Kier alpha value is -3.40. The zero-order valence-corrected chi connectivity index (χ0v) is 18.8. The number of benzene rings is 3. The average Bonchev–Trinajstić information content (AvgIpc) is 2.85. The molecule has 0 unspecified atom stereocenters. The summed E-state index contributed by atoms with van der Waals surface area (Å²) in [6.45, 7) is 5.51. The SMILES string of the molecule is CCCCOc1cc(-c2ccc(C=O)cc2)c(OCCCC)cc1-c1ccc(C=O)cc1. The molecular formula is C28H30O4. The van der Waals surface area contributed by atoms with Crippen molar-refractivity contribution in [2.24, 2.45) is 0 Å². The maximum absolute atomic E-state index is 11.1. The van der Waals surface area contributed by atoms with Gasteiger partial charge in [-0.15, -0.1) is 0 Å². The van der Waals surface area contributed by atoms with E-state index in [4.69, 9.17) is 9.47 Å². The summed E-state index contributed by atoms with van der Waals surface area (Å²) in [7, 11) is 0. The first-order valence-corrected chi connectivity index (χ1v) is 11.2. The third kappa shape index (κ3) is 5.85. The molecule has 0 bridgehead atoms. The van der Waals surface area contributed by atoms with Crippen LogP contribution in [0.1, 0.15) is 60.2 Å². The zero-order chi connectivity index (χ0) is 22.8. The van der Waals surface area contributed by atoms with E-state index in [1.165, 1.54) is 0 Å². The lowest BCUT2D eigenvalue weighted by Crippen LogP contribution is -2.02. The summed E-state index contributed by atoms with van der Waals surface area (Å²) >= 11 is 0. The van der Waals surface area contributed by atoms with Crippen LogP contribution < -0.4 is 9.47 Å². The standard InChI is InChI=1S/C28H30O4/c1-3-5-15-31-27-17-26(24-13-9-22(20-30)10-14-24)28(32-16-6-4-2)18-25(27)23-11-7-21(19-29)8-12-23/h7-14,17-20H,3-6,15-16H2,1-2H3. The van der Waals surface area contributed by atoms with Gasteiger partial charge in [-0.2, -0.15) is 0 Å². The number of ether oxygens (including phenoxy) is 2. The van der Waals surface area contributed by atoms with Crippen molar-refractivity contribution < 1.29 is 19.1 Å². The van der Waals surface area contributed by atoms with Crippen LogP contribution >= 0.6 is 0 Å². The minimum absolute atomic E-state index is 0.621. The Morgan fingerprint density at radius 2 is 1.00 bits per heavy atom. The van der Waals surface area contributed by atoms with E-state index in [0.29, 0.717) is 24.3 Å². The van der Waals surface area contributed by atoms with Gasteiger partial charge < -0.3 is 9.47 Å². The van der Waals surface area contributed by atoms with Gasteiger partial charge >= 0.3 is 0 Å². The molecule has 0 spiro atoms. The van der Waals surface area contributed by atoms with Crippen LogP contribution in [0, 0.1) is 0 Å². The van der Waals surface area contributed by atoms with Gasteiger partial charge in [0.05, 0.1) is 13.2 Å². The first-order valence-electron chi connectivity index (χ1n) is 11.2. The first-order chi connectivity index (χ1) is 15.7. The maximum Gasteiger partial charge on any atom is 0.150 e. The Labute approximate surface area is 190 Å². The zero-order valence-electron chi connectivity index (χ0n) is 18.8. The molecule has 3 rings (SSSR count). The molecule has 0 radical (unpaired) electrons. The van der Waals surface area contributed by atoms with E-state index in [1.54, 1.807) is 0 Å². The molecule has 0 amide bonds. The fourth-order valence-corrected chi connectivity index (χ4v) is 3.39. The van der Waals surface area contributed by atoms with Gasteiger partial charge in [-0.3, -0.25) is 9.59 Å². The molecule has 0 atom stereocenters. The second kappa shape index (κ2) is 11.8. The third-order valence-corrected chi connectivity index (χ3v) is 5.31. The molecule has 0 saturated carbocycles. The third-order valence-electron chi connectivity index (χ3n) is 5.31. The first kappa shape index (κ1) is 23.3. The minimum atomic E-state index is 0.621. The summed E-state index contributed by atoms with van der Waals surface area (Å²) in [6.07, 6.45) is 5.69. The molecule has 0 fully saturated rings. The van der Waals surface area contributed by atoms with Crippen LogP contribution in [0.4, 0.5) is 0 Å². The van der Waals surface area contributed by atoms with Crippen molar-refractivity contribution in [1.82, 2.24) is 0 Å². The predicted octanol–water partition coefficient (Wildman–Crippen LogP) is 7.00. The van der Waals surface area contributed by atoms with Crippen molar-refractivity contribution in [2.75, 3.05) is 13.2 Å². The van der Waals surface area contributed by atoms with Crippen molar-refractivity contribution in [3.05, 3.63) is 71.8 Å². The highest BCUT2D eigenvalue weighted by molar-refractivity contribution is 5.84. The Balaban J connectivity index is 2.11. The Bertz CT molecular complexity index is 935. The van der Waals surface area contributed by atoms with Crippen LogP contribution in [-0.4, -0.2) is 25.8 Å². The van der Waals surface area contributed by atoms with Gasteiger partial charge in [0.15, 0.2) is 0 Å². The summed E-state index contributed by atoms with van der Waals surface area (Å²) in [5.74, 6) is 1.55. The molecule has 32 heavy (non-hydrogen) atoms. The van der Waals surface area contributed by atoms with E-state index < -0.39 is 0 Å². The lowest BCUT2D eigenvalue weighted by Gasteiger charge is -2.18. The summed E-state index contributed by atoms with van der Waals surface area (Å²) in [4.78, 5) is 22.2. The number of unbranched alkanes of at least 4 members (excludes halogenated alkanes) is 2. The highest BCUT2D eigenvalue weighted by Crippen LogP contribution is 2.41. The van der Waals surface area contributed by atoms with Crippen LogP contribution in [0.15, 0.2) is 60.7 Å². The molecule has 4 heteroatoms. The van der Waals surface area contributed by atoms with Crippen LogP contribution in [0.5, 0.6) is 11.5 Å². The van der Waals surface area contributed by atoms with E-state index >= 15 is 0 Å². The fourth-order valence-electron chi connectivity index (χ4n) is 3.39. The lowest BCUT2D eigenvalue weighted by molar-refractivity contribution is 0.111. The van der Waals surface area contributed by atoms with E-state index in [-0.39, 0.29) is 0 Å². The Morgan fingerprint density at radius 1 is 0.625 bits per heavy atom. The second-order valence-electron chi connectivity index (χ2n) is 7.73. The monoisotopic (exact) mass is 430 g/mol. The molecule has 0 aliphatic heterocycles. The van der Waals surface area contributed by atoms with Gasteiger partial charge in [0.1, 0.15) is 24.1 Å². The highest BCUT2D eigenvalue weighted by atomic mass is 16.5. The number of carbonyl (C=O) groups is 2. The van der Waals surface area contributed by atoms with E-state index in [9.17, 15) is 9.59 Å². The van der Waals surface area contributed by atoms with Gasteiger partial charge in [-0.05, 0) is 36.1 Å². The summed E-state index contributed by atoms with van der Waals surface area (Å²) in [5.41, 5.74) is 5.05. The summed E-state index contributed by atoms with van der Waals surface area (Å²) in [5, 5.41) is 0. The fraction of sp³-hybridized carbons (Fsp3) is 0.286. The van der Waals surface area contributed by atoms with Crippen molar-refractivity contribution in [2.45, 2.75) is 39.5 Å². The number of hydrogen-bond donors (Lipinski definition) is 0. The lowest BCUT2D eigenvalue weighted by atomic mass is 9.96. The topological polar surface area (TPSA) is 52.6 Å². The summed E-state index contributed by atoms with van der Waals surface area (Å²) < 4.78 is 12.4. The van der Waals surface area contributed by atoms with E-state index in [1.807, 2.05) is 60.7 Å². The quantitative estimate of drug-likeness (QED) is 0.229. The number of rotatable bonds is 12. The molecule has 0 aliphatic carbocycles. The van der Waals surface area contributed by atoms with Crippen LogP contribution in [0.3, 0.4) is 0 Å². The van der Waals surface area contributed by atoms with E-state index in [0.717, 1.165) is 72.0 Å². The van der Waals surface area contributed by atoms with Gasteiger partial charge in [0.25, 0.3) is 0 Å². The number of aldehydes is 2. The van der Waals surface area contributed by atoms with Gasteiger partial charge in [0, 0.05) is 22.3 Å². The van der Waals surface area contributed by atoms with Crippen molar-refractivity contribution in [3.8, 4) is 33.8 Å². The van der Waals surface area contributed by atoms with Crippen molar-refractivity contribution >= 4 is 12.6 Å². The minimum Gasteiger partial charge on any atom is -0.493 e. The van der Waals surface area contributed by atoms with Crippen molar-refractivity contribution in [3.63, 3.8) is 0 Å². The highest BCUT2D eigenvalue weighted by Gasteiger charge is 2.16. The smallest absolute Gasteiger partial charge is 0.150 e. The molecule has 0 aromatic heterocycles. The average molecular weight is 431 g/mol. The molecule has 0 saturated heterocycles. The Kier molecular flexibility index (Phi) is 8.61. The molecule has 166 valence electrons. The maximum atomic E-state index is 11.1.